The van der Waals surface area contributed by atoms with Crippen LogP contribution in [0, 0.1) is 16.7 Å². The predicted molar refractivity (Wildman–Crippen MR) is 63.5 cm³/mol. The molecule has 1 saturated heterocycles. The van der Waals surface area contributed by atoms with Crippen LogP contribution in [0.1, 0.15) is 52.9 Å². The zero-order chi connectivity index (χ0) is 11.3. The van der Waals surface area contributed by atoms with Crippen LogP contribution in [0.25, 0.3) is 0 Å². The molecule has 0 spiro atoms. The van der Waals surface area contributed by atoms with E-state index in [-0.39, 0.29) is 5.41 Å². The van der Waals surface area contributed by atoms with Crippen LogP contribution in [0.2, 0.25) is 0 Å². The summed E-state index contributed by atoms with van der Waals surface area (Å²) in [7, 11) is 0. The lowest BCUT2D eigenvalue weighted by atomic mass is 9.90. The van der Waals surface area contributed by atoms with Gasteiger partial charge in [-0.25, -0.2) is 0 Å². The molecular formula is C13H24N2. The minimum atomic E-state index is -0.137. The van der Waals surface area contributed by atoms with E-state index in [0.717, 1.165) is 18.9 Å². The van der Waals surface area contributed by atoms with E-state index in [0.29, 0.717) is 0 Å². The molecule has 2 nitrogen and oxygen atoms in total. The van der Waals surface area contributed by atoms with Crippen LogP contribution < -0.4 is 0 Å². The molecule has 0 amide bonds. The van der Waals surface area contributed by atoms with E-state index in [2.05, 4.69) is 17.9 Å². The molecule has 1 aliphatic rings. The molecule has 1 heterocycles. The molecule has 1 fully saturated rings. The second kappa shape index (κ2) is 5.51. The van der Waals surface area contributed by atoms with Gasteiger partial charge in [-0.2, -0.15) is 5.26 Å². The largest absolute Gasteiger partial charge is 0.300 e. The predicted octanol–water partition coefficient (Wildman–Crippen LogP) is 3.19. The van der Waals surface area contributed by atoms with Crippen LogP contribution in [0.3, 0.4) is 0 Å². The Morgan fingerprint density at radius 2 is 2.20 bits per heavy atom. The van der Waals surface area contributed by atoms with Gasteiger partial charge in [-0.1, -0.05) is 6.92 Å². The summed E-state index contributed by atoms with van der Waals surface area (Å²) in [4.78, 5) is 2.60. The van der Waals surface area contributed by atoms with E-state index < -0.39 is 0 Å². The van der Waals surface area contributed by atoms with E-state index in [4.69, 9.17) is 5.26 Å². The Hall–Kier alpha value is -0.550. The van der Waals surface area contributed by atoms with Crippen LogP contribution >= 0.6 is 0 Å². The fourth-order valence-electron chi connectivity index (χ4n) is 2.43. The minimum absolute atomic E-state index is 0.137. The van der Waals surface area contributed by atoms with Gasteiger partial charge in [0.1, 0.15) is 0 Å². The molecule has 0 aromatic rings. The van der Waals surface area contributed by atoms with Gasteiger partial charge in [0, 0.05) is 6.04 Å². The van der Waals surface area contributed by atoms with Gasteiger partial charge in [0.2, 0.25) is 0 Å². The number of nitrogens with zero attached hydrogens (tertiary/aromatic N) is 2. The lowest BCUT2D eigenvalue weighted by Gasteiger charge is -2.24. The average Bonchev–Trinajstić information content (AvgIpc) is 2.65. The van der Waals surface area contributed by atoms with Crippen molar-refractivity contribution >= 4 is 0 Å². The Bertz CT molecular complexity index is 227. The van der Waals surface area contributed by atoms with Crippen LogP contribution in [0.15, 0.2) is 0 Å². The van der Waals surface area contributed by atoms with Crippen molar-refractivity contribution in [2.24, 2.45) is 5.41 Å². The van der Waals surface area contributed by atoms with Gasteiger partial charge in [0.25, 0.3) is 0 Å². The first kappa shape index (κ1) is 12.5. The Morgan fingerprint density at radius 3 is 2.80 bits per heavy atom. The topological polar surface area (TPSA) is 27.0 Å². The second-order valence-electron chi connectivity index (χ2n) is 5.34. The van der Waals surface area contributed by atoms with E-state index in [1.807, 2.05) is 13.8 Å². The molecule has 1 aliphatic heterocycles. The highest BCUT2D eigenvalue weighted by molar-refractivity contribution is 4.91. The monoisotopic (exact) mass is 208 g/mol. The first-order chi connectivity index (χ1) is 7.09. The van der Waals surface area contributed by atoms with Crippen molar-refractivity contribution in [3.8, 4) is 6.07 Å². The highest BCUT2D eigenvalue weighted by Crippen LogP contribution is 2.24. The fourth-order valence-corrected chi connectivity index (χ4v) is 2.43. The lowest BCUT2D eigenvalue weighted by molar-refractivity contribution is 0.234. The van der Waals surface area contributed by atoms with E-state index >= 15 is 0 Å². The first-order valence-electron chi connectivity index (χ1n) is 6.24. The zero-order valence-corrected chi connectivity index (χ0v) is 10.4. The maximum atomic E-state index is 8.92. The van der Waals surface area contributed by atoms with E-state index in [9.17, 15) is 0 Å². The van der Waals surface area contributed by atoms with Gasteiger partial charge < -0.3 is 4.90 Å². The molecule has 0 aliphatic carbocycles. The fraction of sp³-hybridized carbons (Fsp3) is 0.923. The summed E-state index contributed by atoms with van der Waals surface area (Å²) < 4.78 is 0. The molecule has 1 unspecified atom stereocenters. The quantitative estimate of drug-likeness (QED) is 0.694. The third-order valence-electron chi connectivity index (χ3n) is 3.52. The average molecular weight is 208 g/mol. The molecule has 0 aromatic heterocycles. The SMILES string of the molecule is CCC1CCCN1CCCC(C)(C)C#N. The summed E-state index contributed by atoms with van der Waals surface area (Å²) in [6.07, 6.45) is 6.20. The van der Waals surface area contributed by atoms with Crippen LogP contribution in [-0.4, -0.2) is 24.0 Å². The maximum Gasteiger partial charge on any atom is 0.0683 e. The molecule has 15 heavy (non-hydrogen) atoms. The molecule has 1 atom stereocenters. The summed E-state index contributed by atoms with van der Waals surface area (Å²) in [6, 6.07) is 3.19. The van der Waals surface area contributed by atoms with Crippen molar-refractivity contribution in [2.75, 3.05) is 13.1 Å². The normalized spacial score (nSPS) is 22.9. The Kier molecular flexibility index (Phi) is 4.60. The number of hydrogen-bond donors (Lipinski definition) is 0. The maximum absolute atomic E-state index is 8.92. The molecule has 2 heteroatoms. The summed E-state index contributed by atoms with van der Waals surface area (Å²) in [5.41, 5.74) is -0.137. The molecule has 0 radical (unpaired) electrons. The number of hydrogen-bond acceptors (Lipinski definition) is 2. The standard InChI is InChI=1S/C13H24N2/c1-4-12-7-5-9-15(12)10-6-8-13(2,3)11-14/h12H,4-10H2,1-3H3. The first-order valence-corrected chi connectivity index (χ1v) is 6.24. The smallest absolute Gasteiger partial charge is 0.0683 e. The molecule has 0 N–H and O–H groups in total. The zero-order valence-electron chi connectivity index (χ0n) is 10.4. The number of nitriles is 1. The van der Waals surface area contributed by atoms with Gasteiger partial charge in [0.05, 0.1) is 11.5 Å². The third kappa shape index (κ3) is 3.83. The molecule has 86 valence electrons. The Labute approximate surface area is 94.3 Å². The van der Waals surface area contributed by atoms with Crippen molar-refractivity contribution in [2.45, 2.75) is 58.9 Å². The Balaban J connectivity index is 2.23. The molecule has 0 aromatic carbocycles. The van der Waals surface area contributed by atoms with E-state index in [1.165, 1.54) is 32.4 Å². The molecule has 0 bridgehead atoms. The third-order valence-corrected chi connectivity index (χ3v) is 3.52. The summed E-state index contributed by atoms with van der Waals surface area (Å²) >= 11 is 0. The Morgan fingerprint density at radius 1 is 1.47 bits per heavy atom. The summed E-state index contributed by atoms with van der Waals surface area (Å²) in [6.45, 7) is 8.81. The van der Waals surface area contributed by atoms with Crippen LogP contribution in [0.4, 0.5) is 0 Å². The minimum Gasteiger partial charge on any atom is -0.300 e. The van der Waals surface area contributed by atoms with Crippen molar-refractivity contribution in [3.05, 3.63) is 0 Å². The summed E-state index contributed by atoms with van der Waals surface area (Å²) in [5, 5.41) is 8.92. The summed E-state index contributed by atoms with van der Waals surface area (Å²) in [5.74, 6) is 0. The second-order valence-corrected chi connectivity index (χ2v) is 5.34. The van der Waals surface area contributed by atoms with E-state index in [1.54, 1.807) is 0 Å². The number of rotatable bonds is 5. The molecule has 1 rings (SSSR count). The number of likely N-dealkylation sites (tertiary alicyclic amines) is 1. The van der Waals surface area contributed by atoms with Crippen molar-refractivity contribution in [1.82, 2.24) is 4.90 Å². The van der Waals surface area contributed by atoms with Gasteiger partial charge in [-0.05, 0) is 59.0 Å². The molecule has 0 saturated carbocycles. The van der Waals surface area contributed by atoms with Gasteiger partial charge >= 0.3 is 0 Å². The molecular weight excluding hydrogens is 184 g/mol. The van der Waals surface area contributed by atoms with Crippen molar-refractivity contribution < 1.29 is 0 Å². The highest BCUT2D eigenvalue weighted by Gasteiger charge is 2.23. The van der Waals surface area contributed by atoms with Gasteiger partial charge in [-0.15, -0.1) is 0 Å². The van der Waals surface area contributed by atoms with Crippen molar-refractivity contribution in [3.63, 3.8) is 0 Å². The van der Waals surface area contributed by atoms with Gasteiger partial charge in [0.15, 0.2) is 0 Å². The van der Waals surface area contributed by atoms with Gasteiger partial charge in [-0.3, -0.25) is 0 Å². The van der Waals surface area contributed by atoms with Crippen molar-refractivity contribution in [1.29, 1.82) is 5.26 Å². The van der Waals surface area contributed by atoms with Crippen LogP contribution in [0.5, 0.6) is 0 Å². The lowest BCUT2D eigenvalue weighted by Crippen LogP contribution is -2.30. The van der Waals surface area contributed by atoms with Crippen LogP contribution in [-0.2, 0) is 0 Å². The highest BCUT2D eigenvalue weighted by atomic mass is 15.2.